The molecule has 1 aromatic heterocycles. The Morgan fingerprint density at radius 2 is 1.80 bits per heavy atom. The van der Waals surface area contributed by atoms with Crippen molar-refractivity contribution >= 4 is 22.5 Å². The number of aromatic nitrogens is 1. The number of fused-ring (bicyclic) bond motifs is 1. The van der Waals surface area contributed by atoms with E-state index in [-0.39, 0.29) is 11.8 Å². The first-order chi connectivity index (χ1) is 12.0. The van der Waals surface area contributed by atoms with Crippen molar-refractivity contribution in [2.24, 2.45) is 0 Å². The standard InChI is InChI=1S/C22H24N2O/c1-5-18(17-9-7-6-8-10-17)22(25)24-20-13-16(4)23-21-15(3)11-14(2)12-19(20)21/h6-13,18H,5H2,1-4H3,(H,23,24,25). The summed E-state index contributed by atoms with van der Waals surface area (Å²) in [4.78, 5) is 17.6. The molecule has 0 spiro atoms. The van der Waals surface area contributed by atoms with Gasteiger partial charge in [-0.05, 0) is 50.5 Å². The zero-order valence-corrected chi connectivity index (χ0v) is 15.3. The minimum Gasteiger partial charge on any atom is -0.325 e. The van der Waals surface area contributed by atoms with Crippen LogP contribution < -0.4 is 5.32 Å². The van der Waals surface area contributed by atoms with Gasteiger partial charge in [-0.3, -0.25) is 9.78 Å². The Labute approximate surface area is 149 Å². The number of carbonyl (C=O) groups is 1. The number of carbonyl (C=O) groups excluding carboxylic acids is 1. The summed E-state index contributed by atoms with van der Waals surface area (Å²) in [7, 11) is 0. The fraction of sp³-hybridized carbons (Fsp3) is 0.273. The van der Waals surface area contributed by atoms with Crippen LogP contribution in [0.15, 0.2) is 48.5 Å². The van der Waals surface area contributed by atoms with Gasteiger partial charge in [-0.1, -0.05) is 48.9 Å². The summed E-state index contributed by atoms with van der Waals surface area (Å²) in [6, 6.07) is 16.1. The van der Waals surface area contributed by atoms with E-state index in [0.717, 1.165) is 39.8 Å². The number of amides is 1. The molecule has 1 N–H and O–H groups in total. The molecule has 0 aliphatic carbocycles. The average Bonchev–Trinajstić information content (AvgIpc) is 2.57. The Morgan fingerprint density at radius 1 is 1.08 bits per heavy atom. The smallest absolute Gasteiger partial charge is 0.231 e. The van der Waals surface area contributed by atoms with Gasteiger partial charge in [-0.2, -0.15) is 0 Å². The third-order valence-electron chi connectivity index (χ3n) is 4.56. The highest BCUT2D eigenvalue weighted by Crippen LogP contribution is 2.29. The fourth-order valence-corrected chi connectivity index (χ4v) is 3.39. The van der Waals surface area contributed by atoms with Gasteiger partial charge in [0.25, 0.3) is 0 Å². The third-order valence-corrected chi connectivity index (χ3v) is 4.56. The quantitative estimate of drug-likeness (QED) is 0.705. The van der Waals surface area contributed by atoms with Crippen LogP contribution in [-0.2, 0) is 4.79 Å². The highest BCUT2D eigenvalue weighted by Gasteiger charge is 2.20. The fourth-order valence-electron chi connectivity index (χ4n) is 3.39. The molecule has 3 rings (SSSR count). The minimum atomic E-state index is -0.157. The van der Waals surface area contributed by atoms with Crippen LogP contribution in [0.2, 0.25) is 0 Å². The first-order valence-corrected chi connectivity index (χ1v) is 8.74. The van der Waals surface area contributed by atoms with Crippen LogP contribution in [0.4, 0.5) is 5.69 Å². The topological polar surface area (TPSA) is 42.0 Å². The van der Waals surface area contributed by atoms with Crippen molar-refractivity contribution in [3.05, 3.63) is 70.9 Å². The minimum absolute atomic E-state index is 0.0276. The number of pyridine rings is 1. The molecule has 1 heterocycles. The van der Waals surface area contributed by atoms with Gasteiger partial charge in [0.05, 0.1) is 17.1 Å². The molecule has 128 valence electrons. The van der Waals surface area contributed by atoms with Gasteiger partial charge < -0.3 is 5.32 Å². The van der Waals surface area contributed by atoms with Gasteiger partial charge >= 0.3 is 0 Å². The molecule has 0 saturated heterocycles. The van der Waals surface area contributed by atoms with E-state index in [0.29, 0.717) is 0 Å². The molecule has 0 aliphatic heterocycles. The highest BCUT2D eigenvalue weighted by molar-refractivity contribution is 6.04. The van der Waals surface area contributed by atoms with E-state index in [1.807, 2.05) is 50.2 Å². The second-order valence-corrected chi connectivity index (χ2v) is 6.65. The normalized spacial score (nSPS) is 12.2. The maximum Gasteiger partial charge on any atom is 0.231 e. The molecule has 0 fully saturated rings. The lowest BCUT2D eigenvalue weighted by molar-refractivity contribution is -0.117. The number of benzene rings is 2. The van der Waals surface area contributed by atoms with Crippen molar-refractivity contribution in [1.29, 1.82) is 0 Å². The van der Waals surface area contributed by atoms with Crippen LogP contribution in [0.3, 0.4) is 0 Å². The van der Waals surface area contributed by atoms with E-state index >= 15 is 0 Å². The molecule has 0 saturated carbocycles. The molecule has 3 nitrogen and oxygen atoms in total. The molecular weight excluding hydrogens is 308 g/mol. The predicted molar refractivity (Wildman–Crippen MR) is 104 cm³/mol. The summed E-state index contributed by atoms with van der Waals surface area (Å²) in [6.07, 6.45) is 0.760. The zero-order valence-electron chi connectivity index (χ0n) is 15.3. The predicted octanol–water partition coefficient (Wildman–Crippen LogP) is 5.29. The van der Waals surface area contributed by atoms with Gasteiger partial charge in [0, 0.05) is 11.1 Å². The summed E-state index contributed by atoms with van der Waals surface area (Å²) >= 11 is 0. The van der Waals surface area contributed by atoms with Gasteiger partial charge in [0.15, 0.2) is 0 Å². The van der Waals surface area contributed by atoms with Crippen LogP contribution in [-0.4, -0.2) is 10.9 Å². The molecule has 2 aromatic carbocycles. The molecule has 0 radical (unpaired) electrons. The van der Waals surface area contributed by atoms with Crippen molar-refractivity contribution in [1.82, 2.24) is 4.98 Å². The second kappa shape index (κ2) is 7.06. The Bertz CT molecular complexity index is 916. The van der Waals surface area contributed by atoms with E-state index in [9.17, 15) is 4.79 Å². The van der Waals surface area contributed by atoms with Gasteiger partial charge in [-0.15, -0.1) is 0 Å². The van der Waals surface area contributed by atoms with Crippen LogP contribution >= 0.6 is 0 Å². The van der Waals surface area contributed by atoms with Gasteiger partial charge in [0.2, 0.25) is 5.91 Å². The molecular formula is C22H24N2O. The Kier molecular flexibility index (Phi) is 4.84. The summed E-state index contributed by atoms with van der Waals surface area (Å²) in [6.45, 7) is 8.13. The van der Waals surface area contributed by atoms with Gasteiger partial charge in [-0.25, -0.2) is 0 Å². The van der Waals surface area contributed by atoms with Crippen molar-refractivity contribution < 1.29 is 4.79 Å². The number of nitrogens with one attached hydrogen (secondary N) is 1. The van der Waals surface area contributed by atoms with Crippen LogP contribution in [0.5, 0.6) is 0 Å². The number of anilines is 1. The lowest BCUT2D eigenvalue weighted by atomic mass is 9.95. The number of hydrogen-bond donors (Lipinski definition) is 1. The van der Waals surface area contributed by atoms with Crippen molar-refractivity contribution in [3.8, 4) is 0 Å². The average molecular weight is 332 g/mol. The molecule has 3 heteroatoms. The number of hydrogen-bond acceptors (Lipinski definition) is 2. The Balaban J connectivity index is 2.01. The van der Waals surface area contributed by atoms with E-state index in [1.165, 1.54) is 5.56 Å². The Hall–Kier alpha value is -2.68. The molecule has 1 unspecified atom stereocenters. The number of nitrogens with zero attached hydrogens (tertiary/aromatic N) is 1. The highest BCUT2D eigenvalue weighted by atomic mass is 16.1. The molecule has 3 aromatic rings. The Morgan fingerprint density at radius 3 is 2.48 bits per heavy atom. The summed E-state index contributed by atoms with van der Waals surface area (Å²) < 4.78 is 0. The van der Waals surface area contributed by atoms with Crippen molar-refractivity contribution in [2.45, 2.75) is 40.0 Å². The van der Waals surface area contributed by atoms with E-state index < -0.39 is 0 Å². The SMILES string of the molecule is CCC(C(=O)Nc1cc(C)nc2c(C)cc(C)cc12)c1ccccc1. The van der Waals surface area contributed by atoms with Crippen LogP contribution in [0.1, 0.15) is 41.6 Å². The molecule has 0 bridgehead atoms. The first-order valence-electron chi connectivity index (χ1n) is 8.74. The van der Waals surface area contributed by atoms with Gasteiger partial charge in [0.1, 0.15) is 0 Å². The lowest BCUT2D eigenvalue weighted by Gasteiger charge is -2.17. The maximum absolute atomic E-state index is 12.9. The third kappa shape index (κ3) is 3.55. The van der Waals surface area contributed by atoms with Crippen molar-refractivity contribution in [2.75, 3.05) is 5.32 Å². The summed E-state index contributed by atoms with van der Waals surface area (Å²) in [5.41, 5.74) is 6.04. The second-order valence-electron chi connectivity index (χ2n) is 6.65. The largest absolute Gasteiger partial charge is 0.325 e. The molecule has 25 heavy (non-hydrogen) atoms. The van der Waals surface area contributed by atoms with Crippen LogP contribution in [0.25, 0.3) is 10.9 Å². The molecule has 0 aliphatic rings. The van der Waals surface area contributed by atoms with E-state index in [1.54, 1.807) is 0 Å². The monoisotopic (exact) mass is 332 g/mol. The number of aryl methyl sites for hydroxylation is 3. The summed E-state index contributed by atoms with van der Waals surface area (Å²) in [5, 5.41) is 4.15. The lowest BCUT2D eigenvalue weighted by Crippen LogP contribution is -2.21. The van der Waals surface area contributed by atoms with E-state index in [4.69, 9.17) is 0 Å². The summed E-state index contributed by atoms with van der Waals surface area (Å²) in [5.74, 6) is -0.129. The molecule has 1 atom stereocenters. The molecule has 1 amide bonds. The zero-order chi connectivity index (χ0) is 18.0. The van der Waals surface area contributed by atoms with E-state index in [2.05, 4.69) is 36.3 Å². The number of rotatable bonds is 4. The van der Waals surface area contributed by atoms with Crippen LogP contribution in [0, 0.1) is 20.8 Å². The maximum atomic E-state index is 12.9. The first kappa shape index (κ1) is 17.2. The van der Waals surface area contributed by atoms with Crippen molar-refractivity contribution in [3.63, 3.8) is 0 Å².